The van der Waals surface area contributed by atoms with E-state index >= 15 is 0 Å². The Balaban J connectivity index is 4.35. The minimum atomic E-state index is -0.573. The van der Waals surface area contributed by atoms with Crippen LogP contribution in [0.2, 0.25) is 0 Å². The molecular formula is C65H114O5. The van der Waals surface area contributed by atoms with Crippen molar-refractivity contribution < 1.29 is 23.8 Å². The minimum absolute atomic E-state index is 0.0587. The van der Waals surface area contributed by atoms with E-state index in [0.29, 0.717) is 19.4 Å². The lowest BCUT2D eigenvalue weighted by molar-refractivity contribution is -0.162. The molecule has 0 N–H and O–H groups in total. The van der Waals surface area contributed by atoms with Gasteiger partial charge in [-0.25, -0.2) is 0 Å². The SMILES string of the molecule is CC/C=C\C/C=C\C/C=C\C/C=C\C/C=C\CCCC(=O)OC(COCCCCCCCCCC/C=C\CCCCCCCC)COC(=O)CCCCCCCCCCC/C=C\CCCCCCCC. The lowest BCUT2D eigenvalue weighted by Gasteiger charge is -2.18. The van der Waals surface area contributed by atoms with E-state index in [1.165, 1.54) is 186 Å². The monoisotopic (exact) mass is 975 g/mol. The molecule has 0 fully saturated rings. The number of carbonyl (C=O) groups excluding carboxylic acids is 2. The summed E-state index contributed by atoms with van der Waals surface area (Å²) in [6.07, 6.45) is 80.5. The van der Waals surface area contributed by atoms with Crippen LogP contribution in [0, 0.1) is 0 Å². The maximum absolute atomic E-state index is 12.9. The molecule has 0 bridgehead atoms. The van der Waals surface area contributed by atoms with Gasteiger partial charge in [0.15, 0.2) is 6.10 Å². The van der Waals surface area contributed by atoms with Crippen LogP contribution in [-0.4, -0.2) is 37.9 Å². The summed E-state index contributed by atoms with van der Waals surface area (Å²) in [6.45, 7) is 7.67. The average molecular weight is 976 g/mol. The van der Waals surface area contributed by atoms with E-state index in [0.717, 1.165) is 70.6 Å². The molecule has 0 aliphatic carbocycles. The first-order valence-electron chi connectivity index (χ1n) is 30.1. The van der Waals surface area contributed by atoms with Gasteiger partial charge in [-0.05, 0) is 109 Å². The van der Waals surface area contributed by atoms with Crippen molar-refractivity contribution in [3.05, 3.63) is 85.1 Å². The van der Waals surface area contributed by atoms with Crippen LogP contribution in [-0.2, 0) is 23.8 Å². The molecule has 0 saturated heterocycles. The van der Waals surface area contributed by atoms with Crippen molar-refractivity contribution in [2.45, 2.75) is 297 Å². The number of carbonyl (C=O) groups is 2. The standard InChI is InChI=1S/C65H114O5/c1-4-7-10-13-16-19-22-25-28-31-33-35-37-40-43-46-49-52-55-58-64(66)69-62-63(61-68-60-57-54-51-48-45-42-39-36-32-29-26-23-20-17-14-11-8-5-2)70-65(67)59-56-53-50-47-44-41-38-34-30-27-24-21-18-15-12-9-6-3/h9,12,18,21,25-30,38,41,47,50,63H,4-8,10-11,13-17,19-20,22-24,31-37,39-40,42-46,48-49,51-62H2,1-3H3/b12-9-,21-18-,28-25-,29-26-,30-27-,41-38-,50-47-. The smallest absolute Gasteiger partial charge is 0.306 e. The number of allylic oxidation sites excluding steroid dienone is 14. The Morgan fingerprint density at radius 1 is 0.329 bits per heavy atom. The quantitative estimate of drug-likeness (QED) is 0.0345. The fourth-order valence-corrected chi connectivity index (χ4v) is 8.42. The van der Waals surface area contributed by atoms with Crippen LogP contribution in [0.1, 0.15) is 290 Å². The van der Waals surface area contributed by atoms with Gasteiger partial charge in [-0.2, -0.15) is 0 Å². The second-order valence-electron chi connectivity index (χ2n) is 19.9. The average Bonchev–Trinajstić information content (AvgIpc) is 3.36. The highest BCUT2D eigenvalue weighted by Crippen LogP contribution is 2.15. The van der Waals surface area contributed by atoms with Gasteiger partial charge in [-0.1, -0.05) is 254 Å². The number of unbranched alkanes of at least 4 members (excludes halogenated alkanes) is 30. The highest BCUT2D eigenvalue weighted by atomic mass is 16.6. The Morgan fingerprint density at radius 2 is 0.657 bits per heavy atom. The number of esters is 2. The molecule has 0 aromatic rings. The van der Waals surface area contributed by atoms with Gasteiger partial charge < -0.3 is 14.2 Å². The van der Waals surface area contributed by atoms with E-state index in [4.69, 9.17) is 14.2 Å². The fraction of sp³-hybridized carbons (Fsp3) is 0.754. The molecule has 0 saturated carbocycles. The molecule has 0 spiro atoms. The van der Waals surface area contributed by atoms with E-state index in [1.807, 2.05) is 0 Å². The third-order valence-electron chi connectivity index (χ3n) is 12.9. The van der Waals surface area contributed by atoms with Gasteiger partial charge in [-0.3, -0.25) is 9.59 Å². The van der Waals surface area contributed by atoms with Crippen LogP contribution in [0.5, 0.6) is 0 Å². The number of hydrogen-bond acceptors (Lipinski definition) is 5. The molecule has 70 heavy (non-hydrogen) atoms. The molecule has 0 aromatic carbocycles. The van der Waals surface area contributed by atoms with Crippen LogP contribution < -0.4 is 0 Å². The maximum Gasteiger partial charge on any atom is 0.306 e. The minimum Gasteiger partial charge on any atom is -0.462 e. The molecule has 404 valence electrons. The molecule has 0 aliphatic rings. The lowest BCUT2D eigenvalue weighted by atomic mass is 10.1. The summed E-state index contributed by atoms with van der Waals surface area (Å²) < 4.78 is 17.5. The normalized spacial score (nSPS) is 12.8. The van der Waals surface area contributed by atoms with Crippen LogP contribution >= 0.6 is 0 Å². The van der Waals surface area contributed by atoms with E-state index in [9.17, 15) is 9.59 Å². The van der Waals surface area contributed by atoms with Gasteiger partial charge in [0.2, 0.25) is 0 Å². The Kier molecular flexibility index (Phi) is 57.9. The van der Waals surface area contributed by atoms with Crippen LogP contribution in [0.15, 0.2) is 85.1 Å². The van der Waals surface area contributed by atoms with Crippen LogP contribution in [0.25, 0.3) is 0 Å². The Morgan fingerprint density at radius 3 is 1.09 bits per heavy atom. The summed E-state index contributed by atoms with van der Waals surface area (Å²) in [5.41, 5.74) is 0. The van der Waals surface area contributed by atoms with Gasteiger partial charge in [0.05, 0.1) is 6.61 Å². The molecule has 1 unspecified atom stereocenters. The zero-order valence-electron chi connectivity index (χ0n) is 46.5. The zero-order chi connectivity index (χ0) is 50.6. The summed E-state index contributed by atoms with van der Waals surface area (Å²) >= 11 is 0. The van der Waals surface area contributed by atoms with Gasteiger partial charge in [-0.15, -0.1) is 0 Å². The van der Waals surface area contributed by atoms with Gasteiger partial charge in [0.1, 0.15) is 6.61 Å². The first-order chi connectivity index (χ1) is 34.6. The van der Waals surface area contributed by atoms with Crippen LogP contribution in [0.4, 0.5) is 0 Å². The van der Waals surface area contributed by atoms with Crippen molar-refractivity contribution in [2.75, 3.05) is 19.8 Å². The van der Waals surface area contributed by atoms with Gasteiger partial charge in [0.25, 0.3) is 0 Å². The largest absolute Gasteiger partial charge is 0.462 e. The molecule has 5 heteroatoms. The molecule has 0 aliphatic heterocycles. The fourth-order valence-electron chi connectivity index (χ4n) is 8.42. The molecule has 5 nitrogen and oxygen atoms in total. The highest BCUT2D eigenvalue weighted by molar-refractivity contribution is 5.70. The van der Waals surface area contributed by atoms with E-state index in [2.05, 4.69) is 106 Å². The van der Waals surface area contributed by atoms with Crippen molar-refractivity contribution in [2.24, 2.45) is 0 Å². The highest BCUT2D eigenvalue weighted by Gasteiger charge is 2.17. The molecule has 0 aromatic heterocycles. The van der Waals surface area contributed by atoms with Crippen LogP contribution in [0.3, 0.4) is 0 Å². The Hall–Kier alpha value is -2.92. The van der Waals surface area contributed by atoms with E-state index in [1.54, 1.807) is 0 Å². The second-order valence-corrected chi connectivity index (χ2v) is 19.9. The predicted molar refractivity (Wildman–Crippen MR) is 307 cm³/mol. The summed E-state index contributed by atoms with van der Waals surface area (Å²) in [5.74, 6) is -0.461. The lowest BCUT2D eigenvalue weighted by Crippen LogP contribution is -2.30. The van der Waals surface area contributed by atoms with E-state index in [-0.39, 0.29) is 25.2 Å². The summed E-state index contributed by atoms with van der Waals surface area (Å²) in [4.78, 5) is 25.5. The third-order valence-corrected chi connectivity index (χ3v) is 12.9. The Bertz CT molecular complexity index is 1290. The zero-order valence-corrected chi connectivity index (χ0v) is 46.5. The van der Waals surface area contributed by atoms with Crippen molar-refractivity contribution in [1.29, 1.82) is 0 Å². The van der Waals surface area contributed by atoms with Crippen molar-refractivity contribution in [3.8, 4) is 0 Å². The maximum atomic E-state index is 12.9. The van der Waals surface area contributed by atoms with Gasteiger partial charge >= 0.3 is 11.9 Å². The molecule has 0 radical (unpaired) electrons. The molecule has 1 atom stereocenters. The first-order valence-corrected chi connectivity index (χ1v) is 30.1. The first kappa shape index (κ1) is 67.1. The number of rotatable bonds is 55. The summed E-state index contributed by atoms with van der Waals surface area (Å²) in [7, 11) is 0. The van der Waals surface area contributed by atoms with Crippen molar-refractivity contribution in [1.82, 2.24) is 0 Å². The topological polar surface area (TPSA) is 61.8 Å². The third kappa shape index (κ3) is 57.7. The number of hydrogen-bond donors (Lipinski definition) is 0. The Labute approximate surface area is 435 Å². The predicted octanol–water partition coefficient (Wildman–Crippen LogP) is 20.8. The van der Waals surface area contributed by atoms with Crippen molar-refractivity contribution >= 4 is 11.9 Å². The molecular weight excluding hydrogens is 861 g/mol. The molecule has 0 amide bonds. The van der Waals surface area contributed by atoms with E-state index < -0.39 is 6.10 Å². The molecule has 0 heterocycles. The van der Waals surface area contributed by atoms with Gasteiger partial charge in [0, 0.05) is 19.4 Å². The summed E-state index contributed by atoms with van der Waals surface area (Å²) in [5, 5.41) is 0. The molecule has 0 rings (SSSR count). The van der Waals surface area contributed by atoms with Crippen molar-refractivity contribution in [3.63, 3.8) is 0 Å². The number of ether oxygens (including phenoxy) is 3. The second kappa shape index (κ2) is 60.4. The summed E-state index contributed by atoms with van der Waals surface area (Å²) in [6, 6.07) is 0.